The number of likely N-dealkylation sites (tertiary alicyclic amines) is 1. The summed E-state index contributed by atoms with van der Waals surface area (Å²) in [7, 11) is 0. The first kappa shape index (κ1) is 25.2. The van der Waals surface area contributed by atoms with E-state index in [9.17, 15) is 14.0 Å². The van der Waals surface area contributed by atoms with Gasteiger partial charge in [-0.25, -0.2) is 4.39 Å². The number of likely N-dealkylation sites (N-methyl/N-ethyl adjacent to an activating group) is 1. The Morgan fingerprint density at radius 1 is 1.06 bits per heavy atom. The molecule has 2 atom stereocenters. The Balaban J connectivity index is 1.42. The maximum atomic E-state index is 14.2. The van der Waals surface area contributed by atoms with Crippen molar-refractivity contribution in [1.82, 2.24) is 15.1 Å². The quantitative estimate of drug-likeness (QED) is 0.679. The van der Waals surface area contributed by atoms with Crippen LogP contribution in [0.5, 0.6) is 0 Å². The van der Waals surface area contributed by atoms with Crippen LogP contribution in [0, 0.1) is 18.7 Å². The van der Waals surface area contributed by atoms with Crippen molar-refractivity contribution >= 4 is 17.5 Å². The lowest BCUT2D eigenvalue weighted by Crippen LogP contribution is -2.47. The Kier molecular flexibility index (Phi) is 8.06. The van der Waals surface area contributed by atoms with E-state index in [4.69, 9.17) is 0 Å². The zero-order chi connectivity index (χ0) is 24.9. The summed E-state index contributed by atoms with van der Waals surface area (Å²) >= 11 is 0. The number of benzene rings is 2. The van der Waals surface area contributed by atoms with E-state index in [1.54, 1.807) is 11.0 Å². The van der Waals surface area contributed by atoms with Crippen molar-refractivity contribution in [3.8, 4) is 0 Å². The molecule has 0 aromatic heterocycles. The van der Waals surface area contributed by atoms with Crippen LogP contribution in [-0.2, 0) is 4.79 Å². The number of piperidine rings is 1. The third-order valence-corrected chi connectivity index (χ3v) is 7.35. The highest BCUT2D eigenvalue weighted by Crippen LogP contribution is 2.29. The molecule has 188 valence electrons. The van der Waals surface area contributed by atoms with E-state index in [0.717, 1.165) is 62.4 Å². The van der Waals surface area contributed by atoms with Crippen molar-refractivity contribution < 1.29 is 14.0 Å². The van der Waals surface area contributed by atoms with Crippen LogP contribution in [0.4, 0.5) is 10.1 Å². The third-order valence-electron chi connectivity index (χ3n) is 7.35. The van der Waals surface area contributed by atoms with E-state index in [-0.39, 0.29) is 29.6 Å². The molecule has 0 radical (unpaired) electrons. The van der Waals surface area contributed by atoms with Gasteiger partial charge in [-0.2, -0.15) is 0 Å². The number of halogens is 1. The summed E-state index contributed by atoms with van der Waals surface area (Å²) in [5, 5.41) is 3.12. The fraction of sp³-hybridized carbons (Fsp3) is 0.500. The number of anilines is 1. The fourth-order valence-corrected chi connectivity index (χ4v) is 5.13. The topological polar surface area (TPSA) is 55.9 Å². The molecule has 2 aromatic carbocycles. The number of rotatable bonds is 6. The summed E-state index contributed by atoms with van der Waals surface area (Å²) in [6.07, 6.45) is 1.53. The largest absolute Gasteiger partial charge is 0.369 e. The Bertz CT molecular complexity index is 1030. The highest BCUT2D eigenvalue weighted by Gasteiger charge is 2.30. The van der Waals surface area contributed by atoms with Crippen molar-refractivity contribution in [3.63, 3.8) is 0 Å². The van der Waals surface area contributed by atoms with Crippen LogP contribution in [-0.4, -0.2) is 67.4 Å². The van der Waals surface area contributed by atoms with Crippen molar-refractivity contribution in [3.05, 3.63) is 65.0 Å². The average molecular weight is 481 g/mol. The summed E-state index contributed by atoms with van der Waals surface area (Å²) in [4.78, 5) is 32.7. The molecule has 2 saturated heterocycles. The first-order valence-electron chi connectivity index (χ1n) is 12.8. The smallest absolute Gasteiger partial charge is 0.253 e. The number of hydrogen-bond acceptors (Lipinski definition) is 4. The van der Waals surface area contributed by atoms with Crippen LogP contribution in [0.25, 0.3) is 0 Å². The van der Waals surface area contributed by atoms with Gasteiger partial charge in [0.25, 0.3) is 5.91 Å². The zero-order valence-corrected chi connectivity index (χ0v) is 21.1. The van der Waals surface area contributed by atoms with Crippen LogP contribution in [0.15, 0.2) is 42.5 Å². The molecule has 1 N–H and O–H groups in total. The molecule has 2 fully saturated rings. The second-order valence-corrected chi connectivity index (χ2v) is 9.81. The van der Waals surface area contributed by atoms with Crippen LogP contribution in [0.2, 0.25) is 0 Å². The Hall–Kier alpha value is -2.93. The SMILES string of the molecule is CCN1CCN(c2ccc(F)cc2C(C)NC(=O)C2CCCN(C(=O)c3ccc(C)cc3)C2)CC1. The molecule has 0 spiro atoms. The van der Waals surface area contributed by atoms with Gasteiger partial charge in [-0.3, -0.25) is 9.59 Å². The minimum atomic E-state index is -0.333. The Labute approximate surface area is 208 Å². The molecular weight excluding hydrogens is 443 g/mol. The maximum Gasteiger partial charge on any atom is 0.253 e. The van der Waals surface area contributed by atoms with E-state index in [0.29, 0.717) is 18.7 Å². The van der Waals surface area contributed by atoms with Gasteiger partial charge in [-0.05, 0) is 63.6 Å². The molecule has 4 rings (SSSR count). The lowest BCUT2D eigenvalue weighted by Gasteiger charge is -2.37. The highest BCUT2D eigenvalue weighted by atomic mass is 19.1. The van der Waals surface area contributed by atoms with Crippen LogP contribution >= 0.6 is 0 Å². The number of carbonyl (C=O) groups is 2. The number of piperazine rings is 1. The molecule has 0 aliphatic carbocycles. The fourth-order valence-electron chi connectivity index (χ4n) is 5.13. The maximum absolute atomic E-state index is 14.2. The normalized spacial score (nSPS) is 19.9. The molecule has 2 unspecified atom stereocenters. The predicted octanol–water partition coefficient (Wildman–Crippen LogP) is 4.01. The number of nitrogens with one attached hydrogen (secondary N) is 1. The number of amides is 2. The Morgan fingerprint density at radius 2 is 1.77 bits per heavy atom. The van der Waals surface area contributed by atoms with Gasteiger partial charge in [-0.1, -0.05) is 24.6 Å². The molecule has 0 saturated carbocycles. The lowest BCUT2D eigenvalue weighted by atomic mass is 9.95. The first-order valence-corrected chi connectivity index (χ1v) is 12.8. The standard InChI is InChI=1S/C28H37FN4O2/c1-4-31-14-16-32(17-15-31)26-12-11-24(29)18-25(26)21(3)30-27(34)23-6-5-13-33(19-23)28(35)22-9-7-20(2)8-10-22/h7-12,18,21,23H,4-6,13-17,19H2,1-3H3,(H,30,34). The lowest BCUT2D eigenvalue weighted by molar-refractivity contribution is -0.127. The van der Waals surface area contributed by atoms with Crippen LogP contribution < -0.4 is 10.2 Å². The molecule has 35 heavy (non-hydrogen) atoms. The monoisotopic (exact) mass is 480 g/mol. The number of carbonyl (C=O) groups excluding carboxylic acids is 2. The van der Waals surface area contributed by atoms with Gasteiger partial charge in [0.15, 0.2) is 0 Å². The van der Waals surface area contributed by atoms with Crippen molar-refractivity contribution in [2.75, 3.05) is 50.7 Å². The predicted molar refractivity (Wildman–Crippen MR) is 137 cm³/mol. The third kappa shape index (κ3) is 6.01. The molecular formula is C28H37FN4O2. The Morgan fingerprint density at radius 3 is 2.46 bits per heavy atom. The van der Waals surface area contributed by atoms with Gasteiger partial charge in [0.1, 0.15) is 5.82 Å². The molecule has 2 heterocycles. The molecule has 2 amide bonds. The summed E-state index contributed by atoms with van der Waals surface area (Å²) in [6.45, 7) is 11.9. The second kappa shape index (κ2) is 11.2. The number of aryl methyl sites for hydroxylation is 1. The van der Waals surface area contributed by atoms with E-state index in [1.165, 1.54) is 6.07 Å². The zero-order valence-electron chi connectivity index (χ0n) is 21.1. The van der Waals surface area contributed by atoms with E-state index in [1.807, 2.05) is 44.2 Å². The number of hydrogen-bond donors (Lipinski definition) is 1. The van der Waals surface area contributed by atoms with Gasteiger partial charge in [0.05, 0.1) is 12.0 Å². The van der Waals surface area contributed by atoms with Crippen molar-refractivity contribution in [2.24, 2.45) is 5.92 Å². The van der Waals surface area contributed by atoms with Gasteiger partial charge in [-0.15, -0.1) is 0 Å². The minimum absolute atomic E-state index is 0.0332. The van der Waals surface area contributed by atoms with Crippen LogP contribution in [0.1, 0.15) is 54.2 Å². The van der Waals surface area contributed by atoms with E-state index in [2.05, 4.69) is 22.0 Å². The number of nitrogens with zero attached hydrogens (tertiary/aromatic N) is 3. The highest BCUT2D eigenvalue weighted by molar-refractivity contribution is 5.94. The molecule has 2 aromatic rings. The van der Waals surface area contributed by atoms with Crippen LogP contribution in [0.3, 0.4) is 0 Å². The molecule has 2 aliphatic heterocycles. The second-order valence-electron chi connectivity index (χ2n) is 9.81. The summed E-state index contributed by atoms with van der Waals surface area (Å²) in [6, 6.07) is 12.1. The van der Waals surface area contributed by atoms with Crippen molar-refractivity contribution in [1.29, 1.82) is 0 Å². The van der Waals surface area contributed by atoms with Gasteiger partial charge >= 0.3 is 0 Å². The summed E-state index contributed by atoms with van der Waals surface area (Å²) in [5.74, 6) is -0.686. The molecule has 7 heteroatoms. The van der Waals surface area contributed by atoms with E-state index >= 15 is 0 Å². The average Bonchev–Trinajstić information content (AvgIpc) is 2.88. The van der Waals surface area contributed by atoms with Gasteiger partial charge < -0.3 is 20.0 Å². The van der Waals surface area contributed by atoms with E-state index < -0.39 is 0 Å². The molecule has 2 aliphatic rings. The van der Waals surface area contributed by atoms with Gasteiger partial charge in [0.2, 0.25) is 5.91 Å². The summed E-state index contributed by atoms with van der Waals surface area (Å²) in [5.41, 5.74) is 3.54. The molecule has 6 nitrogen and oxygen atoms in total. The molecule has 0 bridgehead atoms. The van der Waals surface area contributed by atoms with Gasteiger partial charge in [0, 0.05) is 56.1 Å². The van der Waals surface area contributed by atoms with Crippen molar-refractivity contribution in [2.45, 2.75) is 39.7 Å². The first-order chi connectivity index (χ1) is 16.9. The minimum Gasteiger partial charge on any atom is -0.369 e. The summed E-state index contributed by atoms with van der Waals surface area (Å²) < 4.78 is 14.2.